The molecule has 2 saturated heterocycles. The molecule has 2 fully saturated rings. The predicted molar refractivity (Wildman–Crippen MR) is 118 cm³/mol. The lowest BCUT2D eigenvalue weighted by molar-refractivity contribution is -0.139. The van der Waals surface area contributed by atoms with Gasteiger partial charge in [-0.2, -0.15) is 0 Å². The number of amides is 3. The van der Waals surface area contributed by atoms with Crippen LogP contribution >= 0.6 is 0 Å². The fourth-order valence-electron chi connectivity index (χ4n) is 4.82. The van der Waals surface area contributed by atoms with Crippen LogP contribution in [0, 0.1) is 5.92 Å². The summed E-state index contributed by atoms with van der Waals surface area (Å²) in [5, 5.41) is 2.96. The topological polar surface area (TPSA) is 57.6 Å². The molecule has 2 unspecified atom stereocenters. The molecule has 0 bridgehead atoms. The molecule has 1 aromatic carbocycles. The summed E-state index contributed by atoms with van der Waals surface area (Å²) >= 11 is 0. The molecule has 3 heterocycles. The highest BCUT2D eigenvalue weighted by Gasteiger charge is 2.35. The van der Waals surface area contributed by atoms with Crippen LogP contribution in [0.1, 0.15) is 50.3 Å². The van der Waals surface area contributed by atoms with Gasteiger partial charge in [-0.15, -0.1) is 0 Å². The van der Waals surface area contributed by atoms with E-state index in [2.05, 4.69) is 40.2 Å². The second kappa shape index (κ2) is 9.37. The van der Waals surface area contributed by atoms with Crippen molar-refractivity contribution in [1.82, 2.24) is 14.4 Å². The average molecular weight is 409 g/mol. The van der Waals surface area contributed by atoms with Gasteiger partial charge in [-0.3, -0.25) is 4.79 Å². The molecule has 6 nitrogen and oxygen atoms in total. The normalized spacial score (nSPS) is 22.4. The predicted octanol–water partition coefficient (Wildman–Crippen LogP) is 4.41. The third-order valence-corrected chi connectivity index (χ3v) is 6.44. The Morgan fingerprint density at radius 3 is 2.53 bits per heavy atom. The maximum Gasteiger partial charge on any atom is 0.321 e. The van der Waals surface area contributed by atoms with Crippen LogP contribution in [0.5, 0.6) is 0 Å². The number of urea groups is 1. The molecule has 0 aliphatic carbocycles. The lowest BCUT2D eigenvalue weighted by Gasteiger charge is -2.37. The molecule has 1 aromatic heterocycles. The number of anilines is 1. The number of carbonyl (C=O) groups excluding carboxylic acids is 2. The number of likely N-dealkylation sites (tertiary alicyclic amines) is 2. The van der Waals surface area contributed by atoms with Crippen LogP contribution in [-0.4, -0.2) is 45.9 Å². The Labute approximate surface area is 178 Å². The molecule has 2 aromatic rings. The minimum absolute atomic E-state index is 0.117. The van der Waals surface area contributed by atoms with Gasteiger partial charge in [-0.1, -0.05) is 31.0 Å². The summed E-state index contributed by atoms with van der Waals surface area (Å²) in [5.41, 5.74) is 1.99. The number of aryl methyl sites for hydroxylation is 1. The summed E-state index contributed by atoms with van der Waals surface area (Å²) in [4.78, 5) is 30.3. The van der Waals surface area contributed by atoms with Gasteiger partial charge < -0.3 is 19.7 Å². The molecule has 2 aliphatic rings. The molecular weight excluding hydrogens is 376 g/mol. The Kier molecular flexibility index (Phi) is 6.41. The minimum atomic E-state index is -0.124. The highest BCUT2D eigenvalue weighted by molar-refractivity contribution is 5.90. The number of para-hydroxylation sites is 1. The summed E-state index contributed by atoms with van der Waals surface area (Å²) in [6.07, 6.45) is 8.15. The SMILES string of the molecule is Cn1cccc1C1CCCCCN1C(=O)C1CCCN(C(=O)Nc2ccccc2)C1. The van der Waals surface area contributed by atoms with Crippen molar-refractivity contribution in [2.75, 3.05) is 25.0 Å². The van der Waals surface area contributed by atoms with Crippen LogP contribution in [0.3, 0.4) is 0 Å². The number of hydrogen-bond donors (Lipinski definition) is 1. The Balaban J connectivity index is 1.46. The Bertz CT molecular complexity index is 863. The van der Waals surface area contributed by atoms with E-state index in [0.29, 0.717) is 13.1 Å². The van der Waals surface area contributed by atoms with Gasteiger partial charge in [-0.25, -0.2) is 4.79 Å². The molecule has 2 aliphatic heterocycles. The first kappa shape index (κ1) is 20.5. The Morgan fingerprint density at radius 1 is 0.933 bits per heavy atom. The van der Waals surface area contributed by atoms with Gasteiger partial charge in [-0.05, 0) is 49.9 Å². The molecule has 6 heteroatoms. The van der Waals surface area contributed by atoms with E-state index in [9.17, 15) is 9.59 Å². The second-order valence-electron chi connectivity index (χ2n) is 8.52. The molecular formula is C24H32N4O2. The van der Waals surface area contributed by atoms with Crippen molar-refractivity contribution in [3.8, 4) is 0 Å². The van der Waals surface area contributed by atoms with Crippen LogP contribution in [0.25, 0.3) is 0 Å². The second-order valence-corrected chi connectivity index (χ2v) is 8.52. The van der Waals surface area contributed by atoms with E-state index in [4.69, 9.17) is 0 Å². The highest BCUT2D eigenvalue weighted by atomic mass is 16.2. The maximum atomic E-state index is 13.6. The third-order valence-electron chi connectivity index (χ3n) is 6.44. The van der Waals surface area contributed by atoms with Gasteiger partial charge in [0.1, 0.15) is 0 Å². The van der Waals surface area contributed by atoms with Crippen molar-refractivity contribution in [1.29, 1.82) is 0 Å². The fraction of sp³-hybridized carbons (Fsp3) is 0.500. The van der Waals surface area contributed by atoms with Crippen LogP contribution in [0.15, 0.2) is 48.7 Å². The van der Waals surface area contributed by atoms with E-state index in [0.717, 1.165) is 44.3 Å². The molecule has 3 amide bonds. The maximum absolute atomic E-state index is 13.6. The summed E-state index contributed by atoms with van der Waals surface area (Å²) in [6.45, 7) is 2.00. The van der Waals surface area contributed by atoms with Crippen molar-refractivity contribution in [2.45, 2.75) is 44.6 Å². The number of rotatable bonds is 3. The van der Waals surface area contributed by atoms with Crippen molar-refractivity contribution in [2.24, 2.45) is 13.0 Å². The Hall–Kier alpha value is -2.76. The lowest BCUT2D eigenvalue weighted by Crippen LogP contribution is -2.48. The van der Waals surface area contributed by atoms with E-state index < -0.39 is 0 Å². The molecule has 4 rings (SSSR count). The van der Waals surface area contributed by atoms with Crippen LogP contribution in [-0.2, 0) is 11.8 Å². The molecule has 0 spiro atoms. The molecule has 160 valence electrons. The van der Waals surface area contributed by atoms with Crippen molar-refractivity contribution in [3.05, 3.63) is 54.4 Å². The number of nitrogens with zero attached hydrogens (tertiary/aromatic N) is 3. The van der Waals surface area contributed by atoms with Crippen LogP contribution < -0.4 is 5.32 Å². The van der Waals surface area contributed by atoms with Gasteiger partial charge in [0.2, 0.25) is 5.91 Å². The monoisotopic (exact) mass is 408 g/mol. The smallest absolute Gasteiger partial charge is 0.321 e. The number of hydrogen-bond acceptors (Lipinski definition) is 2. The van der Waals surface area contributed by atoms with Crippen molar-refractivity contribution < 1.29 is 9.59 Å². The first-order valence-electron chi connectivity index (χ1n) is 11.2. The molecule has 1 N–H and O–H groups in total. The fourth-order valence-corrected chi connectivity index (χ4v) is 4.82. The summed E-state index contributed by atoms with van der Waals surface area (Å²) in [5.74, 6) is 0.0847. The van der Waals surface area contributed by atoms with E-state index >= 15 is 0 Å². The first-order valence-corrected chi connectivity index (χ1v) is 11.2. The van der Waals surface area contributed by atoms with Gasteiger partial charge >= 0.3 is 6.03 Å². The van der Waals surface area contributed by atoms with Crippen LogP contribution in [0.4, 0.5) is 10.5 Å². The average Bonchev–Trinajstić information content (AvgIpc) is 3.05. The van der Waals surface area contributed by atoms with Gasteiger partial charge in [0.05, 0.1) is 12.0 Å². The zero-order valence-corrected chi connectivity index (χ0v) is 17.8. The van der Waals surface area contributed by atoms with Gasteiger partial charge in [0.25, 0.3) is 0 Å². The summed E-state index contributed by atoms with van der Waals surface area (Å²) in [7, 11) is 2.05. The Morgan fingerprint density at radius 2 is 1.77 bits per heavy atom. The van der Waals surface area contributed by atoms with Crippen molar-refractivity contribution in [3.63, 3.8) is 0 Å². The quantitative estimate of drug-likeness (QED) is 0.818. The van der Waals surface area contributed by atoms with E-state index in [-0.39, 0.29) is 23.9 Å². The highest BCUT2D eigenvalue weighted by Crippen LogP contribution is 2.33. The third kappa shape index (κ3) is 4.53. The molecule has 30 heavy (non-hydrogen) atoms. The van der Waals surface area contributed by atoms with E-state index in [1.54, 1.807) is 4.90 Å². The standard InChI is InChI=1S/C24H32N4O2/c1-26-15-9-14-21(26)22-13-6-3-7-17-28(22)23(29)19-10-8-16-27(18-19)24(30)25-20-11-4-2-5-12-20/h2,4-5,9,11-12,14-15,19,22H,3,6-8,10,13,16-18H2,1H3,(H,25,30). The number of piperidine rings is 1. The number of aromatic nitrogens is 1. The lowest BCUT2D eigenvalue weighted by atomic mass is 9.95. The van der Waals surface area contributed by atoms with Gasteiger partial charge in [0, 0.05) is 44.3 Å². The first-order chi connectivity index (χ1) is 14.6. The minimum Gasteiger partial charge on any atom is -0.353 e. The summed E-state index contributed by atoms with van der Waals surface area (Å²) in [6, 6.07) is 13.7. The number of benzene rings is 1. The largest absolute Gasteiger partial charge is 0.353 e. The van der Waals surface area contributed by atoms with E-state index in [1.807, 2.05) is 30.3 Å². The van der Waals surface area contributed by atoms with Gasteiger partial charge in [0.15, 0.2) is 0 Å². The van der Waals surface area contributed by atoms with Crippen LogP contribution in [0.2, 0.25) is 0 Å². The summed E-state index contributed by atoms with van der Waals surface area (Å²) < 4.78 is 2.14. The molecule has 0 radical (unpaired) electrons. The number of carbonyl (C=O) groups is 2. The zero-order chi connectivity index (χ0) is 20.9. The molecule has 2 atom stereocenters. The molecule has 0 saturated carbocycles. The van der Waals surface area contributed by atoms with E-state index in [1.165, 1.54) is 12.1 Å². The number of nitrogens with one attached hydrogen (secondary N) is 1. The van der Waals surface area contributed by atoms with Crippen molar-refractivity contribution >= 4 is 17.6 Å². The zero-order valence-electron chi connectivity index (χ0n) is 17.8.